The molecule has 0 radical (unpaired) electrons. The van der Waals surface area contributed by atoms with E-state index in [2.05, 4.69) is 15.2 Å². The number of hydrogen-bond donors (Lipinski definition) is 1. The van der Waals surface area contributed by atoms with Crippen LogP contribution in [0.25, 0.3) is 0 Å². The molecule has 0 aliphatic carbocycles. The van der Waals surface area contributed by atoms with Gasteiger partial charge < -0.3 is 10.2 Å². The number of nitrogens with one attached hydrogen (secondary N) is 1. The van der Waals surface area contributed by atoms with E-state index in [0.29, 0.717) is 0 Å². The number of hydrogen-bond acceptors (Lipinski definition) is 6. The van der Waals surface area contributed by atoms with Crippen LogP contribution in [-0.2, 0) is 17.8 Å². The molecule has 3 heterocycles. The van der Waals surface area contributed by atoms with Gasteiger partial charge in [0.05, 0.1) is 17.0 Å². The molecule has 30 heavy (non-hydrogen) atoms. The van der Waals surface area contributed by atoms with Gasteiger partial charge in [0.25, 0.3) is 5.91 Å². The molecule has 0 saturated carbocycles. The summed E-state index contributed by atoms with van der Waals surface area (Å²) in [6.45, 7) is 5.84. The molecular formula is C22H24N4O2S2. The van der Waals surface area contributed by atoms with Crippen molar-refractivity contribution in [2.75, 3.05) is 31.5 Å². The topological polar surface area (TPSA) is 65.5 Å². The Balaban J connectivity index is 1.25. The van der Waals surface area contributed by atoms with E-state index in [1.165, 1.54) is 22.7 Å². The largest absolute Gasteiger partial charge is 0.335 e. The lowest BCUT2D eigenvalue weighted by atomic mass is 10.2. The van der Waals surface area contributed by atoms with E-state index in [0.717, 1.165) is 59.6 Å². The number of piperazine rings is 1. The highest BCUT2D eigenvalue weighted by Gasteiger charge is 2.23. The second-order valence-electron chi connectivity index (χ2n) is 7.32. The predicted molar refractivity (Wildman–Crippen MR) is 121 cm³/mol. The molecule has 3 aromatic rings. The lowest BCUT2D eigenvalue weighted by Crippen LogP contribution is -2.48. The third-order valence-corrected chi connectivity index (χ3v) is 6.86. The number of amides is 2. The lowest BCUT2D eigenvalue weighted by Gasteiger charge is -2.34. The summed E-state index contributed by atoms with van der Waals surface area (Å²) in [5, 5.41) is 7.74. The molecule has 2 aromatic heterocycles. The maximum atomic E-state index is 12.5. The molecule has 6 nitrogen and oxygen atoms in total. The van der Waals surface area contributed by atoms with Crippen LogP contribution in [0.2, 0.25) is 0 Å². The molecule has 1 aliphatic rings. The van der Waals surface area contributed by atoms with Gasteiger partial charge >= 0.3 is 0 Å². The summed E-state index contributed by atoms with van der Waals surface area (Å²) in [6, 6.07) is 11.5. The molecule has 0 atom stereocenters. The average molecular weight is 441 g/mol. The summed E-state index contributed by atoms with van der Waals surface area (Å²) in [7, 11) is 0. The highest BCUT2D eigenvalue weighted by Crippen LogP contribution is 2.18. The highest BCUT2D eigenvalue weighted by molar-refractivity contribution is 7.12. The van der Waals surface area contributed by atoms with Crippen LogP contribution in [0, 0.1) is 6.92 Å². The fraction of sp³-hybridized carbons (Fsp3) is 0.318. The van der Waals surface area contributed by atoms with E-state index in [9.17, 15) is 9.59 Å². The van der Waals surface area contributed by atoms with Crippen molar-refractivity contribution in [2.24, 2.45) is 0 Å². The normalized spacial score (nSPS) is 14.6. The van der Waals surface area contributed by atoms with Crippen LogP contribution >= 0.6 is 22.7 Å². The number of carbonyl (C=O) groups excluding carboxylic acids is 2. The van der Waals surface area contributed by atoms with E-state index >= 15 is 0 Å². The number of aryl methyl sites for hydroxylation is 1. The molecule has 4 rings (SSSR count). The summed E-state index contributed by atoms with van der Waals surface area (Å²) in [6.07, 6.45) is 0.280. The number of rotatable bonds is 6. The molecule has 1 aliphatic heterocycles. The Bertz CT molecular complexity index is 1010. The van der Waals surface area contributed by atoms with Gasteiger partial charge in [0.1, 0.15) is 5.01 Å². The predicted octanol–water partition coefficient (Wildman–Crippen LogP) is 3.65. The van der Waals surface area contributed by atoms with Crippen molar-refractivity contribution in [1.29, 1.82) is 0 Å². The van der Waals surface area contributed by atoms with Crippen LogP contribution in [0.4, 0.5) is 5.69 Å². The zero-order chi connectivity index (χ0) is 20.9. The summed E-state index contributed by atoms with van der Waals surface area (Å²) in [5.74, 6) is 0.0752. The number of thiazole rings is 1. The van der Waals surface area contributed by atoms with E-state index in [1.54, 1.807) is 0 Å². The number of para-hydroxylation sites is 1. The zero-order valence-electron chi connectivity index (χ0n) is 16.8. The Morgan fingerprint density at radius 2 is 1.87 bits per heavy atom. The molecule has 0 unspecified atom stereocenters. The molecule has 156 valence electrons. The fourth-order valence-electron chi connectivity index (χ4n) is 3.44. The van der Waals surface area contributed by atoms with Crippen molar-refractivity contribution in [3.05, 3.63) is 68.3 Å². The number of anilines is 1. The number of carbonyl (C=O) groups is 2. The Labute approximate surface area is 184 Å². The van der Waals surface area contributed by atoms with Gasteiger partial charge in [0, 0.05) is 43.8 Å². The van der Waals surface area contributed by atoms with Gasteiger partial charge in [-0.15, -0.1) is 22.7 Å². The first-order valence-electron chi connectivity index (χ1n) is 9.92. The van der Waals surface area contributed by atoms with E-state index in [1.807, 2.05) is 59.0 Å². The van der Waals surface area contributed by atoms with Gasteiger partial charge in [-0.1, -0.05) is 24.3 Å². The maximum Gasteiger partial charge on any atom is 0.264 e. The second-order valence-corrected chi connectivity index (χ2v) is 9.21. The van der Waals surface area contributed by atoms with E-state index in [-0.39, 0.29) is 18.2 Å². The van der Waals surface area contributed by atoms with Crippen LogP contribution in [0.15, 0.2) is 47.2 Å². The van der Waals surface area contributed by atoms with Gasteiger partial charge in [0.15, 0.2) is 0 Å². The maximum absolute atomic E-state index is 12.5. The van der Waals surface area contributed by atoms with Crippen LogP contribution in [-0.4, -0.2) is 52.8 Å². The van der Waals surface area contributed by atoms with Gasteiger partial charge in [-0.05, 0) is 30.0 Å². The Hall–Kier alpha value is -2.55. The minimum atomic E-state index is -0.0501. The smallest absolute Gasteiger partial charge is 0.264 e. The van der Waals surface area contributed by atoms with Crippen molar-refractivity contribution in [2.45, 2.75) is 19.9 Å². The summed E-state index contributed by atoms with van der Waals surface area (Å²) < 4.78 is 0. The number of aromatic nitrogens is 1. The molecule has 1 saturated heterocycles. The van der Waals surface area contributed by atoms with Crippen LogP contribution in [0.5, 0.6) is 0 Å². The quantitative estimate of drug-likeness (QED) is 0.635. The third kappa shape index (κ3) is 5.13. The molecule has 1 fully saturated rings. The zero-order valence-corrected chi connectivity index (χ0v) is 18.5. The van der Waals surface area contributed by atoms with Crippen molar-refractivity contribution in [1.82, 2.24) is 14.8 Å². The highest BCUT2D eigenvalue weighted by atomic mass is 32.1. The SMILES string of the molecule is Cc1ccccc1NC(=O)Cc1nc(CN2CCN(C(=O)c3cccs3)CC2)cs1. The standard InChI is InChI=1S/C22H24N4O2S2/c1-16-5-2-3-6-18(16)24-20(27)13-21-23-17(15-30-21)14-25-8-10-26(11-9-25)22(28)19-7-4-12-29-19/h2-7,12,15H,8-11,13-14H2,1H3,(H,24,27). The number of benzene rings is 1. The first kappa shape index (κ1) is 20.7. The van der Waals surface area contributed by atoms with Crippen LogP contribution in [0.3, 0.4) is 0 Å². The molecule has 1 aromatic carbocycles. The first-order valence-corrected chi connectivity index (χ1v) is 11.7. The number of nitrogens with zero attached hydrogens (tertiary/aromatic N) is 3. The molecule has 2 amide bonds. The van der Waals surface area contributed by atoms with Crippen LogP contribution in [0.1, 0.15) is 25.9 Å². The Morgan fingerprint density at radius 3 is 2.60 bits per heavy atom. The fourth-order valence-corrected chi connectivity index (χ4v) is 4.92. The van der Waals surface area contributed by atoms with Crippen molar-refractivity contribution in [3.63, 3.8) is 0 Å². The second kappa shape index (κ2) is 9.51. The van der Waals surface area contributed by atoms with Gasteiger partial charge in [-0.2, -0.15) is 0 Å². The van der Waals surface area contributed by atoms with E-state index in [4.69, 9.17) is 0 Å². The van der Waals surface area contributed by atoms with Crippen molar-refractivity contribution in [3.8, 4) is 0 Å². The van der Waals surface area contributed by atoms with Gasteiger partial charge in [0.2, 0.25) is 5.91 Å². The monoisotopic (exact) mass is 440 g/mol. The summed E-state index contributed by atoms with van der Waals surface area (Å²) in [4.78, 5) is 34.5. The molecule has 1 N–H and O–H groups in total. The third-order valence-electron chi connectivity index (χ3n) is 5.11. The van der Waals surface area contributed by atoms with E-state index < -0.39 is 0 Å². The minimum absolute atomic E-state index is 0.0501. The van der Waals surface area contributed by atoms with Gasteiger partial charge in [-0.3, -0.25) is 14.5 Å². The summed E-state index contributed by atoms with van der Waals surface area (Å²) >= 11 is 3.01. The molecule has 0 spiro atoms. The molecule has 8 heteroatoms. The van der Waals surface area contributed by atoms with Crippen molar-refractivity contribution < 1.29 is 9.59 Å². The minimum Gasteiger partial charge on any atom is -0.335 e. The lowest BCUT2D eigenvalue weighted by molar-refractivity contribution is -0.115. The van der Waals surface area contributed by atoms with Gasteiger partial charge in [-0.25, -0.2) is 4.98 Å². The molecule has 0 bridgehead atoms. The Morgan fingerprint density at radius 1 is 1.07 bits per heavy atom. The Kier molecular flexibility index (Phi) is 6.56. The molecular weight excluding hydrogens is 416 g/mol. The number of thiophene rings is 1. The van der Waals surface area contributed by atoms with Crippen molar-refractivity contribution >= 4 is 40.2 Å². The first-order chi connectivity index (χ1) is 14.6. The average Bonchev–Trinajstić information content (AvgIpc) is 3.42. The van der Waals surface area contributed by atoms with Crippen LogP contribution < -0.4 is 5.32 Å². The summed E-state index contributed by atoms with van der Waals surface area (Å²) in [5.41, 5.74) is 2.87.